The average Bonchev–Trinajstić information content (AvgIpc) is 3.32. The number of halogens is 1. The fourth-order valence-electron chi connectivity index (χ4n) is 3.69. The number of hydrogen-bond donors (Lipinski definition) is 1. The van der Waals surface area contributed by atoms with E-state index in [9.17, 15) is 0 Å². The zero-order valence-corrected chi connectivity index (χ0v) is 15.4. The lowest BCUT2D eigenvalue weighted by Crippen LogP contribution is -2.50. The maximum Gasteiger partial charge on any atom is 0.146 e. The zero-order chi connectivity index (χ0) is 17.0. The molecule has 0 bridgehead atoms. The second kappa shape index (κ2) is 8.49. The summed E-state index contributed by atoms with van der Waals surface area (Å²) in [5, 5.41) is 8.05. The van der Waals surface area contributed by atoms with Gasteiger partial charge in [-0.2, -0.15) is 5.10 Å². The van der Waals surface area contributed by atoms with E-state index in [1.54, 1.807) is 0 Å². The van der Waals surface area contributed by atoms with E-state index in [4.69, 9.17) is 4.74 Å². The lowest BCUT2D eigenvalue weighted by Gasteiger charge is -2.36. The standard InChI is InChI=1S/C21H23N3O.ClH/c1-3-8-18(9-4-1)16-25-21(17-24-15-7-13-23-24)20(12-14-22-21)19-10-5-2-6-11-19;/h1-11,13,15,20,22H,12,14,16-17H2;1H/t20?,21-;/m0./s1. The number of ether oxygens (including phenoxy) is 1. The molecule has 3 aromatic rings. The summed E-state index contributed by atoms with van der Waals surface area (Å²) in [5.74, 6) is 0.293. The minimum Gasteiger partial charge on any atom is -0.353 e. The quantitative estimate of drug-likeness (QED) is 0.714. The minimum atomic E-state index is -0.455. The molecule has 0 radical (unpaired) electrons. The smallest absolute Gasteiger partial charge is 0.146 e. The van der Waals surface area contributed by atoms with Crippen LogP contribution in [-0.4, -0.2) is 22.1 Å². The van der Waals surface area contributed by atoms with Gasteiger partial charge >= 0.3 is 0 Å². The Morgan fingerprint density at radius 1 is 1.04 bits per heavy atom. The van der Waals surface area contributed by atoms with Crippen LogP contribution in [0.2, 0.25) is 0 Å². The lowest BCUT2D eigenvalue weighted by molar-refractivity contribution is -0.0934. The van der Waals surface area contributed by atoms with Gasteiger partial charge in [0.15, 0.2) is 0 Å². The summed E-state index contributed by atoms with van der Waals surface area (Å²) >= 11 is 0. The summed E-state index contributed by atoms with van der Waals surface area (Å²) in [4.78, 5) is 0. The largest absolute Gasteiger partial charge is 0.353 e. The molecule has 2 aromatic carbocycles. The van der Waals surface area contributed by atoms with Crippen molar-refractivity contribution in [3.8, 4) is 0 Å². The highest BCUT2D eigenvalue weighted by Crippen LogP contribution is 2.38. The number of rotatable bonds is 6. The van der Waals surface area contributed by atoms with E-state index in [0.717, 1.165) is 13.0 Å². The zero-order valence-electron chi connectivity index (χ0n) is 14.6. The molecule has 136 valence electrons. The summed E-state index contributed by atoms with van der Waals surface area (Å²) in [5.41, 5.74) is 2.04. The molecule has 1 saturated heterocycles. The van der Waals surface area contributed by atoms with Gasteiger partial charge in [-0.15, -0.1) is 12.4 Å². The van der Waals surface area contributed by atoms with Crippen LogP contribution in [0.3, 0.4) is 0 Å². The van der Waals surface area contributed by atoms with Gasteiger partial charge in [-0.1, -0.05) is 60.7 Å². The van der Waals surface area contributed by atoms with Crippen LogP contribution in [0.4, 0.5) is 0 Å². The van der Waals surface area contributed by atoms with E-state index in [1.807, 2.05) is 29.2 Å². The van der Waals surface area contributed by atoms with Gasteiger partial charge in [-0.05, 0) is 30.2 Å². The molecule has 5 heteroatoms. The maximum atomic E-state index is 6.55. The Morgan fingerprint density at radius 3 is 2.46 bits per heavy atom. The molecule has 0 amide bonds. The van der Waals surface area contributed by atoms with Gasteiger partial charge in [-0.3, -0.25) is 10.00 Å². The SMILES string of the molecule is Cl.c1ccc(CO[C@]2(Cn3cccn3)NCCC2c2ccccc2)cc1. The third-order valence-corrected chi connectivity index (χ3v) is 4.92. The van der Waals surface area contributed by atoms with Crippen LogP contribution in [0.1, 0.15) is 23.5 Å². The van der Waals surface area contributed by atoms with Crippen molar-refractivity contribution in [2.24, 2.45) is 0 Å². The first-order valence-electron chi connectivity index (χ1n) is 8.81. The van der Waals surface area contributed by atoms with E-state index in [1.165, 1.54) is 11.1 Å². The van der Waals surface area contributed by atoms with Crippen LogP contribution < -0.4 is 5.32 Å². The fourth-order valence-corrected chi connectivity index (χ4v) is 3.69. The van der Waals surface area contributed by atoms with Gasteiger partial charge in [0.2, 0.25) is 0 Å². The molecule has 26 heavy (non-hydrogen) atoms. The molecular formula is C21H24ClN3O. The average molecular weight is 370 g/mol. The molecule has 2 atom stereocenters. The third-order valence-electron chi connectivity index (χ3n) is 4.92. The Morgan fingerprint density at radius 2 is 1.77 bits per heavy atom. The molecular weight excluding hydrogens is 346 g/mol. The first-order valence-corrected chi connectivity index (χ1v) is 8.81. The molecule has 0 aliphatic carbocycles. The molecule has 1 aliphatic heterocycles. The Bertz CT molecular complexity index is 780. The second-order valence-corrected chi connectivity index (χ2v) is 6.55. The van der Waals surface area contributed by atoms with Crippen LogP contribution in [0, 0.1) is 0 Å². The highest BCUT2D eigenvalue weighted by molar-refractivity contribution is 5.85. The van der Waals surface area contributed by atoms with E-state index in [2.05, 4.69) is 65.0 Å². The fraction of sp³-hybridized carbons (Fsp3) is 0.286. The van der Waals surface area contributed by atoms with Crippen LogP contribution in [0.25, 0.3) is 0 Å². The number of aromatic nitrogens is 2. The van der Waals surface area contributed by atoms with Gasteiger partial charge in [0, 0.05) is 18.3 Å². The van der Waals surface area contributed by atoms with Crippen LogP contribution in [-0.2, 0) is 17.9 Å². The highest BCUT2D eigenvalue weighted by atomic mass is 35.5. The van der Waals surface area contributed by atoms with Crippen molar-refractivity contribution in [3.63, 3.8) is 0 Å². The monoisotopic (exact) mass is 369 g/mol. The predicted molar refractivity (Wildman–Crippen MR) is 105 cm³/mol. The highest BCUT2D eigenvalue weighted by Gasteiger charge is 2.45. The number of nitrogens with one attached hydrogen (secondary N) is 1. The van der Waals surface area contributed by atoms with Crippen LogP contribution in [0.5, 0.6) is 0 Å². The van der Waals surface area contributed by atoms with Crippen LogP contribution >= 0.6 is 12.4 Å². The molecule has 1 fully saturated rings. The van der Waals surface area contributed by atoms with Crippen molar-refractivity contribution < 1.29 is 4.74 Å². The minimum absolute atomic E-state index is 0. The van der Waals surface area contributed by atoms with Crippen molar-refractivity contribution in [2.45, 2.75) is 31.2 Å². The first kappa shape index (κ1) is 18.6. The van der Waals surface area contributed by atoms with Gasteiger partial charge < -0.3 is 4.74 Å². The summed E-state index contributed by atoms with van der Waals surface area (Å²) in [6.45, 7) is 2.21. The van der Waals surface area contributed by atoms with Crippen molar-refractivity contribution in [2.75, 3.05) is 6.54 Å². The Balaban J connectivity index is 0.00000196. The number of nitrogens with zero attached hydrogens (tertiary/aromatic N) is 2. The van der Waals surface area contributed by atoms with Crippen molar-refractivity contribution in [1.29, 1.82) is 0 Å². The van der Waals surface area contributed by atoms with E-state index in [-0.39, 0.29) is 12.4 Å². The normalized spacial score (nSPS) is 22.1. The summed E-state index contributed by atoms with van der Waals surface area (Å²) in [6.07, 6.45) is 4.87. The molecule has 0 spiro atoms. The Labute approximate surface area is 160 Å². The molecule has 1 unspecified atom stereocenters. The molecule has 4 rings (SSSR count). The molecule has 2 heterocycles. The molecule has 1 aliphatic rings. The lowest BCUT2D eigenvalue weighted by atomic mass is 9.88. The molecule has 1 N–H and O–H groups in total. The van der Waals surface area contributed by atoms with Crippen molar-refractivity contribution in [3.05, 3.63) is 90.3 Å². The van der Waals surface area contributed by atoms with E-state index in [0.29, 0.717) is 19.1 Å². The number of hydrogen-bond acceptors (Lipinski definition) is 3. The van der Waals surface area contributed by atoms with Gasteiger partial charge in [-0.25, -0.2) is 0 Å². The van der Waals surface area contributed by atoms with Gasteiger partial charge in [0.25, 0.3) is 0 Å². The van der Waals surface area contributed by atoms with Crippen molar-refractivity contribution in [1.82, 2.24) is 15.1 Å². The summed E-state index contributed by atoms with van der Waals surface area (Å²) in [6, 6.07) is 23.0. The second-order valence-electron chi connectivity index (χ2n) is 6.55. The predicted octanol–water partition coefficient (Wildman–Crippen LogP) is 4.00. The molecule has 4 nitrogen and oxygen atoms in total. The molecule has 1 aromatic heterocycles. The topological polar surface area (TPSA) is 39.1 Å². The van der Waals surface area contributed by atoms with Crippen LogP contribution in [0.15, 0.2) is 79.1 Å². The third kappa shape index (κ3) is 3.98. The number of benzene rings is 2. The summed E-state index contributed by atoms with van der Waals surface area (Å²) < 4.78 is 8.50. The summed E-state index contributed by atoms with van der Waals surface area (Å²) in [7, 11) is 0. The maximum absolute atomic E-state index is 6.55. The van der Waals surface area contributed by atoms with E-state index < -0.39 is 5.72 Å². The van der Waals surface area contributed by atoms with Gasteiger partial charge in [0.05, 0.1) is 13.2 Å². The first-order chi connectivity index (χ1) is 12.4. The Hall–Kier alpha value is -2.14. The van der Waals surface area contributed by atoms with Crippen molar-refractivity contribution >= 4 is 12.4 Å². The van der Waals surface area contributed by atoms with Gasteiger partial charge in [0.1, 0.15) is 5.72 Å². The Kier molecular flexibility index (Phi) is 6.09. The van der Waals surface area contributed by atoms with E-state index >= 15 is 0 Å². The molecule has 0 saturated carbocycles.